The van der Waals surface area contributed by atoms with Gasteiger partial charge in [0.1, 0.15) is 12.1 Å². The van der Waals surface area contributed by atoms with E-state index in [0.29, 0.717) is 25.8 Å². The Morgan fingerprint density at radius 1 is 1.03 bits per heavy atom. The van der Waals surface area contributed by atoms with Gasteiger partial charge in [0.2, 0.25) is 5.91 Å². The van der Waals surface area contributed by atoms with Gasteiger partial charge < -0.3 is 20.1 Å². The van der Waals surface area contributed by atoms with E-state index in [9.17, 15) is 19.5 Å². The standard InChI is InChI=1S/C25H26N2O5/c28-22(29)16-10-13-27(14-16)23(30)25(11-5-12-25)26-24(31)32-15-21-19-8-3-1-6-17(19)18-7-2-4-9-20(18)21/h1-4,6-9,16,21H,5,10-15H2,(H,26,31)(H,28,29). The van der Waals surface area contributed by atoms with Gasteiger partial charge >= 0.3 is 12.1 Å². The fourth-order valence-corrected chi connectivity index (χ4v) is 5.20. The van der Waals surface area contributed by atoms with Crippen LogP contribution < -0.4 is 5.32 Å². The lowest BCUT2D eigenvalue weighted by Gasteiger charge is -2.42. The second-order valence-corrected chi connectivity index (χ2v) is 8.96. The lowest BCUT2D eigenvalue weighted by atomic mass is 9.75. The number of carbonyl (C=O) groups excluding carboxylic acids is 2. The number of carboxylic acid groups (broad SMARTS) is 1. The summed E-state index contributed by atoms with van der Waals surface area (Å²) >= 11 is 0. The Balaban J connectivity index is 1.25. The third-order valence-electron chi connectivity index (χ3n) is 7.13. The molecule has 32 heavy (non-hydrogen) atoms. The van der Waals surface area contributed by atoms with E-state index >= 15 is 0 Å². The number of carboxylic acids is 1. The number of carbonyl (C=O) groups is 3. The Bertz CT molecular complexity index is 1030. The Kier molecular flexibility index (Phi) is 5.12. The van der Waals surface area contributed by atoms with Crippen LogP contribution in [0.2, 0.25) is 0 Å². The maximum atomic E-state index is 13.1. The van der Waals surface area contributed by atoms with Crippen molar-refractivity contribution in [2.45, 2.75) is 37.1 Å². The molecule has 1 saturated heterocycles. The number of rotatable bonds is 5. The van der Waals surface area contributed by atoms with Crippen molar-refractivity contribution in [3.8, 4) is 11.1 Å². The van der Waals surface area contributed by atoms with Gasteiger partial charge in [-0.2, -0.15) is 0 Å². The summed E-state index contributed by atoms with van der Waals surface area (Å²) in [5, 5.41) is 12.0. The summed E-state index contributed by atoms with van der Waals surface area (Å²) in [7, 11) is 0. The molecule has 2 amide bonds. The molecule has 1 unspecified atom stereocenters. The average molecular weight is 434 g/mol. The summed E-state index contributed by atoms with van der Waals surface area (Å²) in [6.45, 7) is 0.793. The predicted molar refractivity (Wildman–Crippen MR) is 117 cm³/mol. The second-order valence-electron chi connectivity index (χ2n) is 8.96. The first-order chi connectivity index (χ1) is 15.5. The minimum Gasteiger partial charge on any atom is -0.481 e. The highest BCUT2D eigenvalue weighted by atomic mass is 16.5. The van der Waals surface area contributed by atoms with Gasteiger partial charge in [0.15, 0.2) is 0 Å². The molecule has 1 aliphatic heterocycles. The van der Waals surface area contributed by atoms with E-state index in [0.717, 1.165) is 28.7 Å². The average Bonchev–Trinajstić information content (AvgIpc) is 3.38. The number of benzene rings is 2. The molecule has 7 nitrogen and oxygen atoms in total. The molecular weight excluding hydrogens is 408 g/mol. The zero-order valence-electron chi connectivity index (χ0n) is 17.8. The van der Waals surface area contributed by atoms with Crippen LogP contribution in [0.1, 0.15) is 42.7 Å². The van der Waals surface area contributed by atoms with Crippen molar-refractivity contribution in [3.05, 3.63) is 59.7 Å². The third kappa shape index (κ3) is 3.42. The van der Waals surface area contributed by atoms with Crippen LogP contribution in [-0.4, -0.2) is 53.2 Å². The zero-order chi connectivity index (χ0) is 22.3. The molecule has 1 saturated carbocycles. The second kappa shape index (κ2) is 7.97. The van der Waals surface area contributed by atoms with Crippen LogP contribution in [0, 0.1) is 5.92 Å². The van der Waals surface area contributed by atoms with Gasteiger partial charge in [-0.15, -0.1) is 0 Å². The topological polar surface area (TPSA) is 95.9 Å². The van der Waals surface area contributed by atoms with E-state index in [4.69, 9.17) is 4.74 Å². The molecule has 3 aliphatic rings. The third-order valence-corrected chi connectivity index (χ3v) is 7.13. The van der Waals surface area contributed by atoms with Crippen molar-refractivity contribution in [2.75, 3.05) is 19.7 Å². The minimum absolute atomic E-state index is 0.0453. The number of nitrogens with zero attached hydrogens (tertiary/aromatic N) is 1. The zero-order valence-corrected chi connectivity index (χ0v) is 17.8. The highest BCUT2D eigenvalue weighted by Crippen LogP contribution is 2.44. The van der Waals surface area contributed by atoms with Gasteiger partial charge in [0.25, 0.3) is 0 Å². The minimum atomic E-state index is -0.976. The number of ether oxygens (including phenoxy) is 1. The van der Waals surface area contributed by atoms with E-state index in [1.165, 1.54) is 0 Å². The summed E-state index contributed by atoms with van der Waals surface area (Å²) in [5.74, 6) is -1.66. The van der Waals surface area contributed by atoms with Gasteiger partial charge in [-0.05, 0) is 47.9 Å². The van der Waals surface area contributed by atoms with Crippen molar-refractivity contribution in [3.63, 3.8) is 0 Å². The van der Waals surface area contributed by atoms with Crippen LogP contribution in [0.3, 0.4) is 0 Å². The monoisotopic (exact) mass is 434 g/mol. The van der Waals surface area contributed by atoms with Crippen molar-refractivity contribution in [2.24, 2.45) is 5.92 Å². The van der Waals surface area contributed by atoms with Crippen molar-refractivity contribution in [1.29, 1.82) is 0 Å². The van der Waals surface area contributed by atoms with Gasteiger partial charge in [0.05, 0.1) is 5.92 Å². The number of hydrogen-bond acceptors (Lipinski definition) is 4. The molecule has 1 heterocycles. The van der Waals surface area contributed by atoms with Crippen LogP contribution in [0.5, 0.6) is 0 Å². The Labute approximate surface area is 186 Å². The first kappa shape index (κ1) is 20.5. The maximum Gasteiger partial charge on any atom is 0.408 e. The number of amides is 2. The molecule has 1 atom stereocenters. The molecule has 5 rings (SSSR count). The van der Waals surface area contributed by atoms with Gasteiger partial charge in [-0.3, -0.25) is 9.59 Å². The summed E-state index contributed by atoms with van der Waals surface area (Å²) < 4.78 is 5.63. The van der Waals surface area contributed by atoms with Crippen LogP contribution >= 0.6 is 0 Å². The van der Waals surface area contributed by atoms with Gasteiger partial charge in [-0.25, -0.2) is 4.79 Å². The van der Waals surface area contributed by atoms with Gasteiger partial charge in [-0.1, -0.05) is 48.5 Å². The molecule has 2 N–H and O–H groups in total. The molecule has 2 aromatic carbocycles. The molecule has 2 fully saturated rings. The van der Waals surface area contributed by atoms with E-state index < -0.39 is 23.5 Å². The largest absolute Gasteiger partial charge is 0.481 e. The number of aliphatic carboxylic acids is 1. The smallest absolute Gasteiger partial charge is 0.408 e. The molecule has 0 aromatic heterocycles. The number of alkyl carbamates (subject to hydrolysis) is 1. The first-order valence-electron chi connectivity index (χ1n) is 11.1. The van der Waals surface area contributed by atoms with Crippen LogP contribution in [-0.2, 0) is 14.3 Å². The molecule has 0 spiro atoms. The quantitative estimate of drug-likeness (QED) is 0.752. The summed E-state index contributed by atoms with van der Waals surface area (Å²) in [6, 6.07) is 16.3. The molecule has 2 aromatic rings. The highest BCUT2D eigenvalue weighted by molar-refractivity contribution is 5.91. The first-order valence-corrected chi connectivity index (χ1v) is 11.1. The van der Waals surface area contributed by atoms with Gasteiger partial charge in [0, 0.05) is 19.0 Å². The van der Waals surface area contributed by atoms with Crippen molar-refractivity contribution >= 4 is 18.0 Å². The molecule has 166 valence electrons. The number of nitrogens with one attached hydrogen (secondary N) is 1. The lowest BCUT2D eigenvalue weighted by Crippen LogP contribution is -2.63. The van der Waals surface area contributed by atoms with Crippen molar-refractivity contribution in [1.82, 2.24) is 10.2 Å². The SMILES string of the molecule is O=C(NC1(C(=O)N2CCC(C(=O)O)C2)CCC1)OCC1c2ccccc2-c2ccccc21. The fraction of sp³-hybridized carbons (Fsp3) is 0.400. The number of likely N-dealkylation sites (tertiary alicyclic amines) is 1. The number of fused-ring (bicyclic) bond motifs is 3. The van der Waals surface area contributed by atoms with Crippen LogP contribution in [0.4, 0.5) is 4.79 Å². The molecule has 2 aliphatic carbocycles. The van der Waals surface area contributed by atoms with E-state index in [1.807, 2.05) is 24.3 Å². The summed E-state index contributed by atoms with van der Waals surface area (Å²) in [5.41, 5.74) is 3.60. The van der Waals surface area contributed by atoms with Crippen molar-refractivity contribution < 1.29 is 24.2 Å². The Morgan fingerprint density at radius 2 is 1.66 bits per heavy atom. The summed E-state index contributed by atoms with van der Waals surface area (Å²) in [6.07, 6.45) is 1.77. The Morgan fingerprint density at radius 3 is 2.19 bits per heavy atom. The normalized spacial score (nSPS) is 20.8. The molecule has 0 radical (unpaired) electrons. The van der Waals surface area contributed by atoms with Crippen LogP contribution in [0.15, 0.2) is 48.5 Å². The van der Waals surface area contributed by atoms with E-state index in [1.54, 1.807) is 4.90 Å². The summed E-state index contributed by atoms with van der Waals surface area (Å²) in [4.78, 5) is 38.6. The maximum absolute atomic E-state index is 13.1. The lowest BCUT2D eigenvalue weighted by molar-refractivity contribution is -0.143. The van der Waals surface area contributed by atoms with E-state index in [-0.39, 0.29) is 25.0 Å². The highest BCUT2D eigenvalue weighted by Gasteiger charge is 2.49. The predicted octanol–water partition coefficient (Wildman–Crippen LogP) is 3.38. The molecular formula is C25H26N2O5. The number of hydrogen-bond donors (Lipinski definition) is 2. The van der Waals surface area contributed by atoms with Crippen LogP contribution in [0.25, 0.3) is 11.1 Å². The Hall–Kier alpha value is -3.35. The molecule has 7 heteroatoms. The fourth-order valence-electron chi connectivity index (χ4n) is 5.20. The molecule has 0 bridgehead atoms. The van der Waals surface area contributed by atoms with E-state index in [2.05, 4.69) is 29.6 Å².